The summed E-state index contributed by atoms with van der Waals surface area (Å²) in [5.41, 5.74) is 0. The number of nitrogens with zero attached hydrogens (tertiary/aromatic N) is 3. The normalized spacial score (nSPS) is 10.6. The molecule has 0 spiro atoms. The Kier molecular flexibility index (Phi) is 4.19. The van der Waals surface area contributed by atoms with Crippen LogP contribution in [0.2, 0.25) is 0 Å². The van der Waals surface area contributed by atoms with Crippen molar-refractivity contribution < 1.29 is 4.74 Å². The summed E-state index contributed by atoms with van der Waals surface area (Å²) in [6.07, 6.45) is 1.55. The largest absolute Gasteiger partial charge is 0.438 e. The highest BCUT2D eigenvalue weighted by molar-refractivity contribution is 5.88. The van der Waals surface area contributed by atoms with E-state index in [4.69, 9.17) is 4.74 Å². The molecule has 0 bridgehead atoms. The summed E-state index contributed by atoms with van der Waals surface area (Å²) in [7, 11) is 0. The van der Waals surface area contributed by atoms with Gasteiger partial charge in [0.2, 0.25) is 5.88 Å². The van der Waals surface area contributed by atoms with Crippen molar-refractivity contribution in [2.24, 2.45) is 0 Å². The molecule has 1 heterocycles. The first-order valence-electron chi connectivity index (χ1n) is 7.54. The molecule has 3 rings (SSSR count). The molecule has 1 aromatic heterocycles. The highest BCUT2D eigenvalue weighted by Gasteiger charge is 2.08. The van der Waals surface area contributed by atoms with Gasteiger partial charge in [-0.1, -0.05) is 36.4 Å². The lowest BCUT2D eigenvalue weighted by atomic mass is 10.1. The van der Waals surface area contributed by atoms with Crippen molar-refractivity contribution in [3.05, 3.63) is 54.9 Å². The first-order chi connectivity index (χ1) is 10.8. The molecule has 22 heavy (non-hydrogen) atoms. The number of ether oxygens (including phenoxy) is 1. The zero-order chi connectivity index (χ0) is 15.4. The molecule has 0 N–H and O–H groups in total. The van der Waals surface area contributed by atoms with E-state index in [1.807, 2.05) is 30.3 Å². The van der Waals surface area contributed by atoms with Crippen LogP contribution in [0.1, 0.15) is 13.8 Å². The third-order valence-corrected chi connectivity index (χ3v) is 3.68. The molecular weight excluding hydrogens is 274 g/mol. The van der Waals surface area contributed by atoms with Gasteiger partial charge in [0.25, 0.3) is 0 Å². The van der Waals surface area contributed by atoms with Crippen molar-refractivity contribution in [1.82, 2.24) is 9.97 Å². The molecule has 2 aromatic carbocycles. The number of fused-ring (bicyclic) bond motifs is 1. The Morgan fingerprint density at radius 2 is 1.73 bits per heavy atom. The van der Waals surface area contributed by atoms with Crippen LogP contribution in [0.5, 0.6) is 11.6 Å². The van der Waals surface area contributed by atoms with E-state index in [9.17, 15) is 0 Å². The first-order valence-corrected chi connectivity index (χ1v) is 7.54. The zero-order valence-corrected chi connectivity index (χ0v) is 12.9. The van der Waals surface area contributed by atoms with E-state index in [1.54, 1.807) is 6.33 Å². The Bertz CT molecular complexity index is 764. The summed E-state index contributed by atoms with van der Waals surface area (Å²) in [6.45, 7) is 6.02. The van der Waals surface area contributed by atoms with Crippen LogP contribution < -0.4 is 9.64 Å². The smallest absolute Gasteiger partial charge is 0.224 e. The third kappa shape index (κ3) is 2.86. The molecule has 4 heteroatoms. The molecule has 4 nitrogen and oxygen atoms in total. The number of benzene rings is 2. The number of rotatable bonds is 5. The molecule has 0 radical (unpaired) electrons. The molecule has 0 saturated heterocycles. The lowest BCUT2D eigenvalue weighted by Crippen LogP contribution is -2.22. The topological polar surface area (TPSA) is 38.2 Å². The molecule has 0 aliphatic rings. The number of anilines is 1. The lowest BCUT2D eigenvalue weighted by Gasteiger charge is -2.19. The standard InChI is InChI=1S/C18H19N3O/c1-3-21(4-2)17-12-18(20-13-19-17)22-16-11-7-9-14-8-5-6-10-15(14)16/h5-13H,3-4H2,1-2H3. The summed E-state index contributed by atoms with van der Waals surface area (Å²) >= 11 is 0. The van der Waals surface area contributed by atoms with Crippen LogP contribution >= 0.6 is 0 Å². The van der Waals surface area contributed by atoms with Gasteiger partial charge in [0, 0.05) is 24.5 Å². The summed E-state index contributed by atoms with van der Waals surface area (Å²) in [5.74, 6) is 2.26. The van der Waals surface area contributed by atoms with Crippen LogP contribution in [0.3, 0.4) is 0 Å². The van der Waals surface area contributed by atoms with Crippen LogP contribution in [0.4, 0.5) is 5.82 Å². The van der Waals surface area contributed by atoms with Gasteiger partial charge in [-0.2, -0.15) is 0 Å². The van der Waals surface area contributed by atoms with Crippen molar-refractivity contribution in [2.45, 2.75) is 13.8 Å². The van der Waals surface area contributed by atoms with Crippen molar-refractivity contribution in [3.63, 3.8) is 0 Å². The third-order valence-electron chi connectivity index (χ3n) is 3.68. The van der Waals surface area contributed by atoms with Crippen molar-refractivity contribution >= 4 is 16.6 Å². The maximum atomic E-state index is 5.99. The maximum Gasteiger partial charge on any atom is 0.224 e. The van der Waals surface area contributed by atoms with Gasteiger partial charge in [-0.15, -0.1) is 0 Å². The van der Waals surface area contributed by atoms with Gasteiger partial charge < -0.3 is 9.64 Å². The van der Waals surface area contributed by atoms with Crippen molar-refractivity contribution in [2.75, 3.05) is 18.0 Å². The van der Waals surface area contributed by atoms with Gasteiger partial charge in [0.15, 0.2) is 0 Å². The van der Waals surface area contributed by atoms with E-state index in [0.717, 1.165) is 35.4 Å². The molecule has 0 atom stereocenters. The highest BCUT2D eigenvalue weighted by atomic mass is 16.5. The monoisotopic (exact) mass is 293 g/mol. The van der Waals surface area contributed by atoms with E-state index in [-0.39, 0.29) is 0 Å². The molecule has 0 fully saturated rings. The maximum absolute atomic E-state index is 5.99. The van der Waals surface area contributed by atoms with Crippen LogP contribution in [0.15, 0.2) is 54.9 Å². The van der Waals surface area contributed by atoms with Gasteiger partial charge in [-0.3, -0.25) is 0 Å². The van der Waals surface area contributed by atoms with Crippen LogP contribution in [0, 0.1) is 0 Å². The quantitative estimate of drug-likeness (QED) is 0.704. The van der Waals surface area contributed by atoms with Gasteiger partial charge in [0.1, 0.15) is 17.9 Å². The average molecular weight is 293 g/mol. The predicted octanol–water partition coefficient (Wildman–Crippen LogP) is 4.27. The van der Waals surface area contributed by atoms with Crippen LogP contribution in [-0.2, 0) is 0 Å². The van der Waals surface area contributed by atoms with Crippen molar-refractivity contribution in [1.29, 1.82) is 0 Å². The van der Waals surface area contributed by atoms with Gasteiger partial charge in [-0.05, 0) is 25.3 Å². The second-order valence-electron chi connectivity index (χ2n) is 4.97. The molecule has 0 aliphatic heterocycles. The van der Waals surface area contributed by atoms with Gasteiger partial charge in [0.05, 0.1) is 0 Å². The lowest BCUT2D eigenvalue weighted by molar-refractivity contribution is 0.466. The van der Waals surface area contributed by atoms with Crippen molar-refractivity contribution in [3.8, 4) is 11.6 Å². The molecule has 0 unspecified atom stereocenters. The van der Waals surface area contributed by atoms with E-state index in [0.29, 0.717) is 5.88 Å². The predicted molar refractivity (Wildman–Crippen MR) is 89.6 cm³/mol. The number of aromatic nitrogens is 2. The molecular formula is C18H19N3O. The fraction of sp³-hybridized carbons (Fsp3) is 0.222. The fourth-order valence-corrected chi connectivity index (χ4v) is 2.50. The minimum Gasteiger partial charge on any atom is -0.438 e. The Hall–Kier alpha value is -2.62. The fourth-order valence-electron chi connectivity index (χ4n) is 2.50. The number of hydrogen-bond acceptors (Lipinski definition) is 4. The summed E-state index contributed by atoms with van der Waals surface area (Å²) in [6, 6.07) is 16.1. The average Bonchev–Trinajstić information content (AvgIpc) is 2.57. The highest BCUT2D eigenvalue weighted by Crippen LogP contribution is 2.29. The molecule has 0 saturated carbocycles. The summed E-state index contributed by atoms with van der Waals surface area (Å²) in [4.78, 5) is 10.7. The second kappa shape index (κ2) is 6.43. The molecule has 0 amide bonds. The van der Waals surface area contributed by atoms with Gasteiger partial charge >= 0.3 is 0 Å². The van der Waals surface area contributed by atoms with E-state index < -0.39 is 0 Å². The van der Waals surface area contributed by atoms with E-state index in [1.165, 1.54) is 0 Å². The van der Waals surface area contributed by atoms with Crippen LogP contribution in [-0.4, -0.2) is 23.1 Å². The SMILES string of the molecule is CCN(CC)c1cc(Oc2cccc3ccccc23)ncn1. The summed E-state index contributed by atoms with van der Waals surface area (Å²) < 4.78 is 5.99. The first kappa shape index (κ1) is 14.3. The Labute approximate surface area is 130 Å². The molecule has 3 aromatic rings. The zero-order valence-electron chi connectivity index (χ0n) is 12.9. The van der Waals surface area contributed by atoms with Crippen LogP contribution in [0.25, 0.3) is 10.8 Å². The van der Waals surface area contributed by atoms with E-state index >= 15 is 0 Å². The number of hydrogen-bond donors (Lipinski definition) is 0. The Morgan fingerprint density at radius 1 is 0.955 bits per heavy atom. The Morgan fingerprint density at radius 3 is 2.55 bits per heavy atom. The molecule has 0 aliphatic carbocycles. The molecule has 112 valence electrons. The van der Waals surface area contributed by atoms with E-state index in [2.05, 4.69) is 46.9 Å². The Balaban J connectivity index is 1.94. The van der Waals surface area contributed by atoms with Gasteiger partial charge in [-0.25, -0.2) is 9.97 Å². The second-order valence-corrected chi connectivity index (χ2v) is 4.97. The minimum absolute atomic E-state index is 0.563. The summed E-state index contributed by atoms with van der Waals surface area (Å²) in [5, 5.41) is 2.23. The minimum atomic E-state index is 0.563.